The van der Waals surface area contributed by atoms with Gasteiger partial charge in [-0.25, -0.2) is 13.1 Å². The molecule has 1 atom stereocenters. The fraction of sp³-hybridized carbons (Fsp3) is 0.409. The highest BCUT2D eigenvalue weighted by molar-refractivity contribution is 7.89. The molecule has 1 aliphatic carbocycles. The van der Waals surface area contributed by atoms with Crippen molar-refractivity contribution in [3.63, 3.8) is 0 Å². The Hall–Kier alpha value is -2.18. The zero-order chi connectivity index (χ0) is 20.3. The summed E-state index contributed by atoms with van der Waals surface area (Å²) in [6.45, 7) is 5.61. The molecule has 0 heterocycles. The molecule has 28 heavy (non-hydrogen) atoms. The van der Waals surface area contributed by atoms with Crippen LogP contribution in [0.2, 0.25) is 0 Å². The highest BCUT2D eigenvalue weighted by Gasteiger charge is 2.22. The second kappa shape index (κ2) is 8.45. The summed E-state index contributed by atoms with van der Waals surface area (Å²) in [5.74, 6) is -0.137. The zero-order valence-electron chi connectivity index (χ0n) is 16.7. The minimum atomic E-state index is -3.65. The van der Waals surface area contributed by atoms with Crippen molar-refractivity contribution in [2.24, 2.45) is 0 Å². The summed E-state index contributed by atoms with van der Waals surface area (Å²) in [5, 5.41) is 3.06. The first kappa shape index (κ1) is 20.6. The number of sulfonamides is 1. The molecule has 1 aliphatic rings. The molecule has 0 fully saturated rings. The lowest BCUT2D eigenvalue weighted by atomic mass is 9.88. The summed E-state index contributed by atoms with van der Waals surface area (Å²) in [5.41, 5.74) is 4.92. The van der Waals surface area contributed by atoms with Gasteiger partial charge in [-0.3, -0.25) is 4.79 Å². The predicted octanol–water partition coefficient (Wildman–Crippen LogP) is 3.47. The number of nitrogens with one attached hydrogen (secondary N) is 2. The van der Waals surface area contributed by atoms with Gasteiger partial charge < -0.3 is 5.32 Å². The van der Waals surface area contributed by atoms with Crippen molar-refractivity contribution in [1.29, 1.82) is 0 Å². The molecule has 150 valence electrons. The average Bonchev–Trinajstić information content (AvgIpc) is 2.60. The van der Waals surface area contributed by atoms with E-state index in [1.165, 1.54) is 11.1 Å². The molecule has 1 unspecified atom stereocenters. The van der Waals surface area contributed by atoms with Gasteiger partial charge in [0.25, 0.3) is 0 Å². The Balaban J connectivity index is 1.59. The summed E-state index contributed by atoms with van der Waals surface area (Å²) in [6, 6.07) is 11.9. The molecule has 0 saturated heterocycles. The van der Waals surface area contributed by atoms with E-state index in [4.69, 9.17) is 0 Å². The smallest absolute Gasteiger partial charge is 0.241 e. The van der Waals surface area contributed by atoms with Crippen molar-refractivity contribution in [2.75, 3.05) is 6.54 Å². The molecule has 0 aromatic heterocycles. The van der Waals surface area contributed by atoms with Gasteiger partial charge in [0.1, 0.15) is 0 Å². The van der Waals surface area contributed by atoms with Crippen molar-refractivity contribution >= 4 is 15.9 Å². The first-order valence-electron chi connectivity index (χ1n) is 9.72. The normalized spacial score (nSPS) is 16.5. The van der Waals surface area contributed by atoms with Crippen LogP contribution in [0.5, 0.6) is 0 Å². The molecule has 0 aliphatic heterocycles. The van der Waals surface area contributed by atoms with Crippen molar-refractivity contribution in [3.05, 3.63) is 64.2 Å². The number of hydrogen-bond acceptors (Lipinski definition) is 3. The molecule has 2 aromatic rings. The maximum atomic E-state index is 12.7. The van der Waals surface area contributed by atoms with E-state index >= 15 is 0 Å². The number of aryl methyl sites for hydroxylation is 4. The molecule has 2 aromatic carbocycles. The van der Waals surface area contributed by atoms with Crippen LogP contribution in [-0.4, -0.2) is 20.9 Å². The third-order valence-corrected chi connectivity index (χ3v) is 6.99. The van der Waals surface area contributed by atoms with Crippen LogP contribution in [0.3, 0.4) is 0 Å². The minimum absolute atomic E-state index is 0.00986. The van der Waals surface area contributed by atoms with Gasteiger partial charge in [0.05, 0.1) is 10.9 Å². The van der Waals surface area contributed by atoms with E-state index in [9.17, 15) is 13.2 Å². The van der Waals surface area contributed by atoms with Gasteiger partial charge in [-0.2, -0.15) is 0 Å². The first-order chi connectivity index (χ1) is 13.3. The molecule has 0 radical (unpaired) electrons. The Kier molecular flexibility index (Phi) is 6.20. The lowest BCUT2D eigenvalue weighted by molar-refractivity contribution is -0.121. The lowest BCUT2D eigenvalue weighted by Gasteiger charge is -2.26. The minimum Gasteiger partial charge on any atom is -0.349 e. The molecule has 2 N–H and O–H groups in total. The van der Waals surface area contributed by atoms with Gasteiger partial charge in [-0.15, -0.1) is 0 Å². The van der Waals surface area contributed by atoms with Crippen molar-refractivity contribution in [1.82, 2.24) is 10.0 Å². The molecule has 3 rings (SSSR count). The maximum Gasteiger partial charge on any atom is 0.241 e. The van der Waals surface area contributed by atoms with Gasteiger partial charge in [0, 0.05) is 13.0 Å². The molecule has 1 amide bonds. The Morgan fingerprint density at radius 1 is 1.11 bits per heavy atom. The van der Waals surface area contributed by atoms with Crippen LogP contribution in [0.4, 0.5) is 0 Å². The standard InChI is InChI=1S/C22H28N2O3S/c1-15-13-16(2)22(17(3)14-15)28(26,27)23-12-11-21(25)24-20-10-6-8-18-7-4-5-9-19(18)20/h4-5,7,9,13-14,20,23H,6,8,10-12H2,1-3H3,(H,24,25). The average molecular weight is 401 g/mol. The Bertz CT molecular complexity index is 960. The molecular formula is C22H28N2O3S. The van der Waals surface area contributed by atoms with Crippen molar-refractivity contribution < 1.29 is 13.2 Å². The number of amides is 1. The van der Waals surface area contributed by atoms with Crippen LogP contribution < -0.4 is 10.0 Å². The Morgan fingerprint density at radius 2 is 1.79 bits per heavy atom. The number of carbonyl (C=O) groups excluding carboxylic acids is 1. The summed E-state index contributed by atoms with van der Waals surface area (Å²) < 4.78 is 27.9. The SMILES string of the molecule is Cc1cc(C)c(S(=O)(=O)NCCC(=O)NC2CCCc3ccccc32)c(C)c1. The zero-order valence-corrected chi connectivity index (χ0v) is 17.5. The number of carbonyl (C=O) groups is 1. The largest absolute Gasteiger partial charge is 0.349 e. The fourth-order valence-corrected chi connectivity index (χ4v) is 5.61. The van der Waals surface area contributed by atoms with Gasteiger partial charge >= 0.3 is 0 Å². The summed E-state index contributed by atoms with van der Waals surface area (Å²) >= 11 is 0. The summed E-state index contributed by atoms with van der Waals surface area (Å²) in [4.78, 5) is 12.7. The molecule has 0 spiro atoms. The van der Waals surface area contributed by atoms with Crippen LogP contribution in [0.25, 0.3) is 0 Å². The van der Waals surface area contributed by atoms with E-state index in [0.29, 0.717) is 16.0 Å². The third kappa shape index (κ3) is 4.62. The highest BCUT2D eigenvalue weighted by Crippen LogP contribution is 2.29. The lowest BCUT2D eigenvalue weighted by Crippen LogP contribution is -2.34. The van der Waals surface area contributed by atoms with E-state index in [0.717, 1.165) is 24.8 Å². The van der Waals surface area contributed by atoms with E-state index in [1.54, 1.807) is 13.8 Å². The van der Waals surface area contributed by atoms with Crippen LogP contribution in [0, 0.1) is 20.8 Å². The predicted molar refractivity (Wildman–Crippen MR) is 111 cm³/mol. The topological polar surface area (TPSA) is 75.3 Å². The van der Waals surface area contributed by atoms with Crippen LogP contribution in [-0.2, 0) is 21.2 Å². The maximum absolute atomic E-state index is 12.7. The van der Waals surface area contributed by atoms with Crippen LogP contribution in [0.15, 0.2) is 41.3 Å². The Labute approximate surface area is 167 Å². The van der Waals surface area contributed by atoms with Crippen molar-refractivity contribution in [2.45, 2.75) is 57.4 Å². The van der Waals surface area contributed by atoms with Crippen molar-refractivity contribution in [3.8, 4) is 0 Å². The van der Waals surface area contributed by atoms with E-state index < -0.39 is 10.0 Å². The monoisotopic (exact) mass is 400 g/mol. The second-order valence-electron chi connectivity index (χ2n) is 7.59. The van der Waals surface area contributed by atoms with Crippen LogP contribution >= 0.6 is 0 Å². The Morgan fingerprint density at radius 3 is 2.50 bits per heavy atom. The summed E-state index contributed by atoms with van der Waals surface area (Å²) in [6.07, 6.45) is 3.11. The number of fused-ring (bicyclic) bond motifs is 1. The third-order valence-electron chi connectivity index (χ3n) is 5.22. The van der Waals surface area contributed by atoms with Gasteiger partial charge in [-0.05, 0) is 62.3 Å². The van der Waals surface area contributed by atoms with Gasteiger partial charge in [0.15, 0.2) is 0 Å². The first-order valence-corrected chi connectivity index (χ1v) is 11.2. The number of rotatable bonds is 6. The summed E-state index contributed by atoms with van der Waals surface area (Å²) in [7, 11) is -3.65. The van der Waals surface area contributed by atoms with E-state index in [2.05, 4.69) is 22.2 Å². The number of benzene rings is 2. The van der Waals surface area contributed by atoms with Gasteiger partial charge in [0.2, 0.25) is 15.9 Å². The fourth-order valence-electron chi connectivity index (χ4n) is 4.13. The van der Waals surface area contributed by atoms with Crippen LogP contribution in [0.1, 0.15) is 53.1 Å². The molecule has 6 heteroatoms. The van der Waals surface area contributed by atoms with E-state index in [-0.39, 0.29) is 24.9 Å². The van der Waals surface area contributed by atoms with Gasteiger partial charge in [-0.1, -0.05) is 42.0 Å². The van der Waals surface area contributed by atoms with E-state index in [1.807, 2.05) is 31.2 Å². The quantitative estimate of drug-likeness (QED) is 0.780. The molecule has 0 bridgehead atoms. The molecular weight excluding hydrogens is 372 g/mol. The highest BCUT2D eigenvalue weighted by atomic mass is 32.2. The number of hydrogen-bond donors (Lipinski definition) is 2. The molecule has 0 saturated carbocycles. The second-order valence-corrected chi connectivity index (χ2v) is 9.29. The molecule has 5 nitrogen and oxygen atoms in total.